The van der Waals surface area contributed by atoms with E-state index in [0.29, 0.717) is 48.7 Å². The quantitative estimate of drug-likeness (QED) is 0.707. The van der Waals surface area contributed by atoms with Gasteiger partial charge in [-0.3, -0.25) is 4.79 Å². The second-order valence-corrected chi connectivity index (χ2v) is 8.04. The molecule has 27 heavy (non-hydrogen) atoms. The van der Waals surface area contributed by atoms with Crippen molar-refractivity contribution in [1.29, 1.82) is 0 Å². The van der Waals surface area contributed by atoms with E-state index < -0.39 is 0 Å². The average molecular weight is 393 g/mol. The fourth-order valence-corrected chi connectivity index (χ4v) is 3.88. The standard InChI is InChI=1S/C19H25FN4O2S/c1-13(2)10-24-18(15-6-4-5-7-16(15)20)21-22-19(24)27-12-17(25)23-8-9-26-14(3)11-23/h4-7,13-14H,8-12H2,1-3H3. The van der Waals surface area contributed by atoms with Gasteiger partial charge in [0.25, 0.3) is 0 Å². The van der Waals surface area contributed by atoms with Crippen molar-refractivity contribution >= 4 is 17.7 Å². The van der Waals surface area contributed by atoms with Gasteiger partial charge in [-0.15, -0.1) is 10.2 Å². The first-order valence-electron chi connectivity index (χ1n) is 9.16. The SMILES string of the molecule is CC(C)Cn1c(SCC(=O)N2CCOC(C)C2)nnc1-c1ccccc1F. The molecular formula is C19H25FN4O2S. The summed E-state index contributed by atoms with van der Waals surface area (Å²) in [6.45, 7) is 8.58. The van der Waals surface area contributed by atoms with Crippen molar-refractivity contribution in [3.63, 3.8) is 0 Å². The van der Waals surface area contributed by atoms with Gasteiger partial charge in [0.15, 0.2) is 11.0 Å². The van der Waals surface area contributed by atoms with Crippen molar-refractivity contribution < 1.29 is 13.9 Å². The van der Waals surface area contributed by atoms with Gasteiger partial charge < -0.3 is 14.2 Å². The lowest BCUT2D eigenvalue weighted by Gasteiger charge is -2.31. The van der Waals surface area contributed by atoms with Gasteiger partial charge in [-0.1, -0.05) is 37.7 Å². The molecule has 2 heterocycles. The van der Waals surface area contributed by atoms with Crippen molar-refractivity contribution in [1.82, 2.24) is 19.7 Å². The first-order chi connectivity index (χ1) is 13.0. The van der Waals surface area contributed by atoms with E-state index in [1.807, 2.05) is 16.4 Å². The van der Waals surface area contributed by atoms with E-state index in [-0.39, 0.29) is 23.6 Å². The Hall–Kier alpha value is -1.93. The Morgan fingerprint density at radius 3 is 2.85 bits per heavy atom. The number of hydrogen-bond acceptors (Lipinski definition) is 5. The number of hydrogen-bond donors (Lipinski definition) is 0. The van der Waals surface area contributed by atoms with E-state index in [1.54, 1.807) is 18.2 Å². The Kier molecular flexibility index (Phi) is 6.49. The van der Waals surface area contributed by atoms with Crippen molar-refractivity contribution in [3.8, 4) is 11.4 Å². The summed E-state index contributed by atoms with van der Waals surface area (Å²) in [4.78, 5) is 14.3. The second kappa shape index (κ2) is 8.84. The molecule has 0 aliphatic carbocycles. The summed E-state index contributed by atoms with van der Waals surface area (Å²) < 4.78 is 21.6. The summed E-state index contributed by atoms with van der Waals surface area (Å²) >= 11 is 1.35. The van der Waals surface area contributed by atoms with E-state index in [0.717, 1.165) is 0 Å². The molecule has 6 nitrogen and oxygen atoms in total. The van der Waals surface area contributed by atoms with Crippen molar-refractivity contribution in [2.24, 2.45) is 5.92 Å². The topological polar surface area (TPSA) is 60.2 Å². The van der Waals surface area contributed by atoms with Crippen molar-refractivity contribution in [3.05, 3.63) is 30.1 Å². The molecule has 1 aliphatic heterocycles. The molecule has 146 valence electrons. The molecule has 0 N–H and O–H groups in total. The van der Waals surface area contributed by atoms with Crippen LogP contribution >= 0.6 is 11.8 Å². The molecule has 1 unspecified atom stereocenters. The average Bonchev–Trinajstić information content (AvgIpc) is 3.02. The number of morpholine rings is 1. The molecule has 0 spiro atoms. The minimum absolute atomic E-state index is 0.0571. The highest BCUT2D eigenvalue weighted by atomic mass is 32.2. The molecule has 1 aromatic carbocycles. The van der Waals surface area contributed by atoms with Gasteiger partial charge in [0.05, 0.1) is 24.0 Å². The summed E-state index contributed by atoms with van der Waals surface area (Å²) in [5.41, 5.74) is 0.422. The maximum atomic E-state index is 14.2. The minimum atomic E-state index is -0.329. The monoisotopic (exact) mass is 392 g/mol. The van der Waals surface area contributed by atoms with Gasteiger partial charge in [-0.25, -0.2) is 4.39 Å². The normalized spacial score (nSPS) is 17.5. The maximum Gasteiger partial charge on any atom is 0.233 e. The van der Waals surface area contributed by atoms with Gasteiger partial charge in [0, 0.05) is 19.6 Å². The number of aromatic nitrogens is 3. The van der Waals surface area contributed by atoms with E-state index in [1.165, 1.54) is 17.8 Å². The lowest BCUT2D eigenvalue weighted by Crippen LogP contribution is -2.45. The Bertz CT molecular complexity index is 796. The molecular weight excluding hydrogens is 367 g/mol. The van der Waals surface area contributed by atoms with Crippen LogP contribution in [0.2, 0.25) is 0 Å². The van der Waals surface area contributed by atoms with Crippen molar-refractivity contribution in [2.45, 2.75) is 38.6 Å². The van der Waals surface area contributed by atoms with Gasteiger partial charge in [-0.2, -0.15) is 0 Å². The number of thioether (sulfide) groups is 1. The number of ether oxygens (including phenoxy) is 1. The molecule has 3 rings (SSSR count). The van der Waals surface area contributed by atoms with Crippen LogP contribution in [0.15, 0.2) is 29.4 Å². The summed E-state index contributed by atoms with van der Waals surface area (Å²) in [6.07, 6.45) is 0.0601. The summed E-state index contributed by atoms with van der Waals surface area (Å²) in [6, 6.07) is 6.55. The maximum absolute atomic E-state index is 14.2. The van der Waals surface area contributed by atoms with Gasteiger partial charge in [0.1, 0.15) is 5.82 Å². The third-order valence-corrected chi connectivity index (χ3v) is 5.25. The zero-order chi connectivity index (χ0) is 19.4. The molecule has 0 bridgehead atoms. The Morgan fingerprint density at radius 2 is 2.15 bits per heavy atom. The summed E-state index contributed by atoms with van der Waals surface area (Å²) in [7, 11) is 0. The molecule has 1 aromatic heterocycles. The zero-order valence-electron chi connectivity index (χ0n) is 15.9. The van der Waals surface area contributed by atoms with Crippen LogP contribution in [0.1, 0.15) is 20.8 Å². The molecule has 1 saturated heterocycles. The van der Waals surface area contributed by atoms with Crippen LogP contribution in [0.3, 0.4) is 0 Å². The lowest BCUT2D eigenvalue weighted by atomic mass is 10.2. The fraction of sp³-hybridized carbons (Fsp3) is 0.526. The van der Waals surface area contributed by atoms with E-state index in [2.05, 4.69) is 24.0 Å². The lowest BCUT2D eigenvalue weighted by molar-refractivity contribution is -0.135. The third-order valence-electron chi connectivity index (χ3n) is 4.30. The molecule has 1 amide bonds. The Balaban J connectivity index is 1.77. The largest absolute Gasteiger partial charge is 0.375 e. The fourth-order valence-electron chi connectivity index (χ4n) is 3.03. The first-order valence-corrected chi connectivity index (χ1v) is 10.1. The molecule has 0 saturated carbocycles. The molecule has 1 atom stereocenters. The number of halogens is 1. The summed E-state index contributed by atoms with van der Waals surface area (Å²) in [5, 5.41) is 9.08. The Labute approximate surface area is 163 Å². The third kappa shape index (κ3) is 4.87. The van der Waals surface area contributed by atoms with Crippen LogP contribution in [0.4, 0.5) is 4.39 Å². The van der Waals surface area contributed by atoms with Crippen LogP contribution < -0.4 is 0 Å². The predicted molar refractivity (Wildman–Crippen MR) is 103 cm³/mol. The van der Waals surface area contributed by atoms with E-state index >= 15 is 0 Å². The van der Waals surface area contributed by atoms with Crippen LogP contribution in [0, 0.1) is 11.7 Å². The van der Waals surface area contributed by atoms with E-state index in [4.69, 9.17) is 4.74 Å². The highest BCUT2D eigenvalue weighted by Crippen LogP contribution is 2.27. The van der Waals surface area contributed by atoms with Crippen LogP contribution in [0.5, 0.6) is 0 Å². The number of carbonyl (C=O) groups excluding carboxylic acids is 1. The Morgan fingerprint density at radius 1 is 1.37 bits per heavy atom. The van der Waals surface area contributed by atoms with Crippen molar-refractivity contribution in [2.75, 3.05) is 25.4 Å². The van der Waals surface area contributed by atoms with Crippen LogP contribution in [0.25, 0.3) is 11.4 Å². The molecule has 0 radical (unpaired) electrons. The molecule has 8 heteroatoms. The van der Waals surface area contributed by atoms with Gasteiger partial charge >= 0.3 is 0 Å². The van der Waals surface area contributed by atoms with Gasteiger partial charge in [0.2, 0.25) is 5.91 Å². The summed E-state index contributed by atoms with van der Waals surface area (Å²) in [5.74, 6) is 0.838. The van der Waals surface area contributed by atoms with E-state index in [9.17, 15) is 9.18 Å². The number of carbonyl (C=O) groups is 1. The van der Waals surface area contributed by atoms with Gasteiger partial charge in [-0.05, 0) is 25.0 Å². The highest BCUT2D eigenvalue weighted by Gasteiger charge is 2.23. The minimum Gasteiger partial charge on any atom is -0.375 e. The smallest absolute Gasteiger partial charge is 0.233 e. The predicted octanol–water partition coefficient (Wildman–Crippen LogP) is 3.08. The number of nitrogens with zero attached hydrogens (tertiary/aromatic N) is 4. The zero-order valence-corrected chi connectivity index (χ0v) is 16.7. The van der Waals surface area contributed by atoms with Crippen LogP contribution in [-0.2, 0) is 16.1 Å². The van der Waals surface area contributed by atoms with Crippen LogP contribution in [-0.4, -0.2) is 57.1 Å². The second-order valence-electron chi connectivity index (χ2n) is 7.10. The number of benzene rings is 1. The molecule has 1 aliphatic rings. The molecule has 1 fully saturated rings. The molecule has 2 aromatic rings. The number of amides is 1. The number of rotatable bonds is 6. The first kappa shape index (κ1) is 19.8. The highest BCUT2D eigenvalue weighted by molar-refractivity contribution is 7.99.